The second kappa shape index (κ2) is 4.19. The van der Waals surface area contributed by atoms with Gasteiger partial charge in [0.2, 0.25) is 0 Å². The zero-order valence-corrected chi connectivity index (χ0v) is 8.90. The van der Waals surface area contributed by atoms with Gasteiger partial charge >= 0.3 is 5.97 Å². The van der Waals surface area contributed by atoms with Crippen LogP contribution in [0.5, 0.6) is 11.5 Å². The number of phenols is 1. The molecule has 1 aromatic heterocycles. The highest BCUT2D eigenvalue weighted by atomic mass is 32.1. The number of phenolic OH excluding ortho intramolecular Hbond substituents is 1. The van der Waals surface area contributed by atoms with E-state index in [0.29, 0.717) is 5.00 Å². The van der Waals surface area contributed by atoms with E-state index < -0.39 is 5.97 Å². The summed E-state index contributed by atoms with van der Waals surface area (Å²) in [6.07, 6.45) is 0. The van der Waals surface area contributed by atoms with Gasteiger partial charge in [-0.3, -0.25) is 0 Å². The predicted molar refractivity (Wildman–Crippen MR) is 59.6 cm³/mol. The van der Waals surface area contributed by atoms with Crippen LogP contribution in [0.25, 0.3) is 0 Å². The number of benzene rings is 1. The summed E-state index contributed by atoms with van der Waals surface area (Å²) in [5, 5.41) is 9.62. The maximum absolute atomic E-state index is 11.5. The van der Waals surface area contributed by atoms with Gasteiger partial charge in [0.15, 0.2) is 5.69 Å². The molecule has 0 radical (unpaired) electrons. The first-order chi connectivity index (χ1) is 7.65. The molecule has 82 valence electrons. The van der Waals surface area contributed by atoms with Crippen molar-refractivity contribution in [2.24, 2.45) is 0 Å². The van der Waals surface area contributed by atoms with Gasteiger partial charge in [0.1, 0.15) is 16.5 Å². The second-order valence-electron chi connectivity index (χ2n) is 3.00. The first kappa shape index (κ1) is 10.4. The van der Waals surface area contributed by atoms with Crippen LogP contribution < -0.4 is 10.5 Å². The Bertz CT molecular complexity index is 524. The lowest BCUT2D eigenvalue weighted by Crippen LogP contribution is -2.08. The van der Waals surface area contributed by atoms with E-state index in [9.17, 15) is 9.90 Å². The molecule has 0 aliphatic rings. The van der Waals surface area contributed by atoms with Crippen LogP contribution in [-0.4, -0.2) is 15.4 Å². The van der Waals surface area contributed by atoms with Gasteiger partial charge in [-0.1, -0.05) is 6.07 Å². The average Bonchev–Trinajstić information content (AvgIpc) is 2.65. The number of rotatable bonds is 2. The van der Waals surface area contributed by atoms with Crippen molar-refractivity contribution in [1.82, 2.24) is 4.37 Å². The number of ether oxygens (including phenoxy) is 1. The van der Waals surface area contributed by atoms with Gasteiger partial charge in [-0.15, -0.1) is 0 Å². The van der Waals surface area contributed by atoms with E-state index in [1.807, 2.05) is 0 Å². The maximum atomic E-state index is 11.5. The average molecular weight is 236 g/mol. The van der Waals surface area contributed by atoms with Crippen LogP contribution in [0.3, 0.4) is 0 Å². The van der Waals surface area contributed by atoms with Crippen LogP contribution in [0, 0.1) is 0 Å². The molecule has 6 heteroatoms. The normalized spacial score (nSPS) is 10.0. The van der Waals surface area contributed by atoms with Crippen molar-refractivity contribution in [2.75, 3.05) is 5.73 Å². The summed E-state index contributed by atoms with van der Waals surface area (Å²) in [5.74, 6) is -0.307. The Morgan fingerprint density at radius 1 is 1.44 bits per heavy atom. The molecule has 1 aromatic carbocycles. The van der Waals surface area contributed by atoms with Gasteiger partial charge < -0.3 is 15.6 Å². The highest BCUT2D eigenvalue weighted by molar-refractivity contribution is 7.10. The fourth-order valence-corrected chi connectivity index (χ4v) is 1.59. The van der Waals surface area contributed by atoms with Crippen molar-refractivity contribution in [2.45, 2.75) is 0 Å². The minimum Gasteiger partial charge on any atom is -0.508 e. The fourth-order valence-electron chi connectivity index (χ4n) is 1.09. The van der Waals surface area contributed by atoms with Gasteiger partial charge in [-0.25, -0.2) is 4.79 Å². The molecular weight excluding hydrogens is 228 g/mol. The highest BCUT2D eigenvalue weighted by Crippen LogP contribution is 2.19. The van der Waals surface area contributed by atoms with E-state index in [1.165, 1.54) is 18.2 Å². The lowest BCUT2D eigenvalue weighted by atomic mass is 10.3. The fraction of sp³-hybridized carbons (Fsp3) is 0. The largest absolute Gasteiger partial charge is 0.508 e. The third-order valence-electron chi connectivity index (χ3n) is 1.77. The molecule has 5 nitrogen and oxygen atoms in total. The number of carbonyl (C=O) groups excluding carboxylic acids is 1. The van der Waals surface area contributed by atoms with Crippen molar-refractivity contribution in [1.29, 1.82) is 0 Å². The standard InChI is InChI=1S/C10H8N2O3S/c11-9-5-8(12-16-9)10(14)15-7-3-1-2-6(13)4-7/h1-5,13H,11H2. The number of nitrogens with two attached hydrogens (primary N) is 1. The highest BCUT2D eigenvalue weighted by Gasteiger charge is 2.12. The van der Waals surface area contributed by atoms with E-state index in [0.717, 1.165) is 11.5 Å². The Morgan fingerprint density at radius 2 is 2.25 bits per heavy atom. The third-order valence-corrected chi connectivity index (χ3v) is 2.38. The molecule has 0 atom stereocenters. The summed E-state index contributed by atoms with van der Waals surface area (Å²) >= 11 is 1.02. The maximum Gasteiger partial charge on any atom is 0.363 e. The lowest BCUT2D eigenvalue weighted by molar-refractivity contribution is 0.0730. The molecule has 2 rings (SSSR count). The van der Waals surface area contributed by atoms with Crippen molar-refractivity contribution in [3.63, 3.8) is 0 Å². The summed E-state index contributed by atoms with van der Waals surface area (Å²) in [7, 11) is 0. The van der Waals surface area contributed by atoms with Crippen molar-refractivity contribution in [3.8, 4) is 11.5 Å². The van der Waals surface area contributed by atoms with Crippen molar-refractivity contribution in [3.05, 3.63) is 36.0 Å². The van der Waals surface area contributed by atoms with Gasteiger partial charge in [-0.2, -0.15) is 4.37 Å². The number of anilines is 1. The molecule has 0 fully saturated rings. The summed E-state index contributed by atoms with van der Waals surface area (Å²) in [4.78, 5) is 11.5. The summed E-state index contributed by atoms with van der Waals surface area (Å²) in [5.41, 5.74) is 5.60. The second-order valence-corrected chi connectivity index (χ2v) is 3.84. The number of hydrogen-bond donors (Lipinski definition) is 2. The van der Waals surface area contributed by atoms with Gasteiger partial charge in [0.25, 0.3) is 0 Å². The molecule has 3 N–H and O–H groups in total. The molecule has 0 amide bonds. The Morgan fingerprint density at radius 3 is 2.88 bits per heavy atom. The Labute approximate surface area is 95.3 Å². The van der Waals surface area contributed by atoms with Crippen LogP contribution in [0.1, 0.15) is 10.5 Å². The van der Waals surface area contributed by atoms with Gasteiger partial charge in [0, 0.05) is 12.1 Å². The molecule has 16 heavy (non-hydrogen) atoms. The van der Waals surface area contributed by atoms with Gasteiger partial charge in [0.05, 0.1) is 0 Å². The minimum absolute atomic E-state index is 0.0306. The molecule has 0 spiro atoms. The number of aromatic nitrogens is 1. The number of nitrogens with zero attached hydrogens (tertiary/aromatic N) is 1. The van der Waals surface area contributed by atoms with Crippen molar-refractivity contribution >= 4 is 22.5 Å². The zero-order valence-electron chi connectivity index (χ0n) is 8.08. The smallest absolute Gasteiger partial charge is 0.363 e. The van der Waals surface area contributed by atoms with Crippen LogP contribution in [0.4, 0.5) is 5.00 Å². The van der Waals surface area contributed by atoms with Crippen LogP contribution >= 0.6 is 11.5 Å². The number of nitrogen functional groups attached to an aromatic ring is 1. The molecule has 0 aliphatic carbocycles. The number of esters is 1. The van der Waals surface area contributed by atoms with Crippen LogP contribution in [-0.2, 0) is 0 Å². The van der Waals surface area contributed by atoms with E-state index in [2.05, 4.69) is 4.37 Å². The molecule has 0 unspecified atom stereocenters. The molecule has 1 heterocycles. The molecule has 0 bridgehead atoms. The van der Waals surface area contributed by atoms with Crippen LogP contribution in [0.15, 0.2) is 30.3 Å². The summed E-state index contributed by atoms with van der Waals surface area (Å²) in [6.45, 7) is 0. The third kappa shape index (κ3) is 2.29. The van der Waals surface area contributed by atoms with E-state index in [4.69, 9.17) is 10.5 Å². The first-order valence-corrected chi connectivity index (χ1v) is 5.16. The number of aromatic hydroxyl groups is 1. The lowest BCUT2D eigenvalue weighted by Gasteiger charge is -2.01. The molecule has 0 saturated carbocycles. The predicted octanol–water partition coefficient (Wildman–Crippen LogP) is 1.65. The Kier molecular flexibility index (Phi) is 2.74. The Hall–Kier alpha value is -2.08. The van der Waals surface area contributed by atoms with E-state index in [1.54, 1.807) is 12.1 Å². The Balaban J connectivity index is 2.13. The molecule has 2 aromatic rings. The monoisotopic (exact) mass is 236 g/mol. The zero-order chi connectivity index (χ0) is 11.5. The first-order valence-electron chi connectivity index (χ1n) is 4.38. The quantitative estimate of drug-likeness (QED) is 0.611. The molecular formula is C10H8N2O3S. The van der Waals surface area contributed by atoms with E-state index >= 15 is 0 Å². The molecule has 0 aliphatic heterocycles. The molecule has 0 saturated heterocycles. The minimum atomic E-state index is -0.599. The number of hydrogen-bond acceptors (Lipinski definition) is 6. The topological polar surface area (TPSA) is 85.4 Å². The van der Waals surface area contributed by atoms with E-state index in [-0.39, 0.29) is 17.2 Å². The summed E-state index contributed by atoms with van der Waals surface area (Å²) < 4.78 is 8.80. The SMILES string of the molecule is Nc1cc(C(=O)Oc2cccc(O)c2)ns1. The van der Waals surface area contributed by atoms with Crippen molar-refractivity contribution < 1.29 is 14.6 Å². The summed E-state index contributed by atoms with van der Waals surface area (Å²) in [6, 6.07) is 7.41. The number of carbonyl (C=O) groups is 1. The van der Waals surface area contributed by atoms with Crippen LogP contribution in [0.2, 0.25) is 0 Å². The van der Waals surface area contributed by atoms with Gasteiger partial charge in [-0.05, 0) is 23.7 Å².